The number of sulfonamides is 1. The van der Waals surface area contributed by atoms with Gasteiger partial charge in [-0.25, -0.2) is 12.8 Å². The first kappa shape index (κ1) is 17.4. The summed E-state index contributed by atoms with van der Waals surface area (Å²) in [4.78, 5) is -0.200. The highest BCUT2D eigenvalue weighted by molar-refractivity contribution is 7.89. The average Bonchev–Trinajstić information content (AvgIpc) is 2.40. The van der Waals surface area contributed by atoms with E-state index < -0.39 is 22.4 Å². The van der Waals surface area contributed by atoms with Crippen LogP contribution >= 0.6 is 11.6 Å². The molecule has 0 radical (unpaired) electrons. The van der Waals surface area contributed by atoms with E-state index in [4.69, 9.17) is 16.7 Å². The molecule has 1 atom stereocenters. The number of hydrogen-bond donors (Lipinski definition) is 1. The average molecular weight is 324 g/mol. The molecule has 7 heteroatoms. The van der Waals surface area contributed by atoms with Crippen molar-refractivity contribution in [3.8, 4) is 0 Å². The highest BCUT2D eigenvalue weighted by Crippen LogP contribution is 2.27. The summed E-state index contributed by atoms with van der Waals surface area (Å²) in [5.74, 6) is -0.853. The van der Waals surface area contributed by atoms with Gasteiger partial charge in [-0.2, -0.15) is 4.31 Å². The molecule has 1 aromatic rings. The fourth-order valence-electron chi connectivity index (χ4n) is 1.89. The van der Waals surface area contributed by atoms with Crippen molar-refractivity contribution < 1.29 is 17.9 Å². The Morgan fingerprint density at radius 2 is 2.05 bits per heavy atom. The molecular weight excluding hydrogens is 305 g/mol. The van der Waals surface area contributed by atoms with Crippen molar-refractivity contribution >= 4 is 21.6 Å². The molecule has 1 N–H and O–H groups in total. The van der Waals surface area contributed by atoms with E-state index in [9.17, 15) is 12.8 Å². The van der Waals surface area contributed by atoms with Crippen LogP contribution in [0, 0.1) is 5.82 Å². The van der Waals surface area contributed by atoms with Crippen LogP contribution in [0.5, 0.6) is 0 Å². The van der Waals surface area contributed by atoms with Crippen molar-refractivity contribution in [2.45, 2.75) is 44.2 Å². The van der Waals surface area contributed by atoms with Crippen molar-refractivity contribution in [1.82, 2.24) is 4.31 Å². The van der Waals surface area contributed by atoms with Gasteiger partial charge in [-0.05, 0) is 25.5 Å². The molecule has 0 saturated carbocycles. The maximum atomic E-state index is 13.6. The van der Waals surface area contributed by atoms with E-state index in [0.29, 0.717) is 6.42 Å². The molecule has 1 rings (SSSR count). The molecular formula is C13H19ClFNO3S. The Morgan fingerprint density at radius 1 is 1.45 bits per heavy atom. The molecule has 0 aliphatic rings. The molecule has 0 amide bonds. The number of rotatable bonds is 6. The van der Waals surface area contributed by atoms with E-state index >= 15 is 0 Å². The van der Waals surface area contributed by atoms with Crippen molar-refractivity contribution in [2.24, 2.45) is 0 Å². The van der Waals surface area contributed by atoms with Crippen molar-refractivity contribution in [1.29, 1.82) is 0 Å². The van der Waals surface area contributed by atoms with Gasteiger partial charge in [0.25, 0.3) is 0 Å². The van der Waals surface area contributed by atoms with E-state index in [2.05, 4.69) is 0 Å². The SMILES string of the molecule is CCCC(C)N(C)S(=O)(=O)c1cc(F)c(Cl)c(CO)c1. The quantitative estimate of drug-likeness (QED) is 0.875. The number of aliphatic hydroxyl groups excluding tert-OH is 1. The summed E-state index contributed by atoms with van der Waals surface area (Å²) in [6.45, 7) is 3.23. The third kappa shape index (κ3) is 3.49. The van der Waals surface area contributed by atoms with E-state index in [1.165, 1.54) is 17.4 Å². The Labute approximate surface area is 124 Å². The molecule has 0 fully saturated rings. The first-order valence-corrected chi connectivity index (χ1v) is 8.14. The van der Waals surface area contributed by atoms with Gasteiger partial charge in [-0.1, -0.05) is 24.9 Å². The fraction of sp³-hybridized carbons (Fsp3) is 0.538. The van der Waals surface area contributed by atoms with Gasteiger partial charge in [-0.15, -0.1) is 0 Å². The zero-order chi connectivity index (χ0) is 15.5. The number of benzene rings is 1. The molecule has 0 spiro atoms. The molecule has 0 aromatic heterocycles. The normalized spacial score (nSPS) is 13.8. The summed E-state index contributed by atoms with van der Waals surface area (Å²) >= 11 is 5.66. The number of halogens is 2. The van der Waals surface area contributed by atoms with Gasteiger partial charge in [0.05, 0.1) is 16.5 Å². The van der Waals surface area contributed by atoms with Gasteiger partial charge in [-0.3, -0.25) is 0 Å². The smallest absolute Gasteiger partial charge is 0.243 e. The molecule has 0 aliphatic carbocycles. The number of nitrogens with zero attached hydrogens (tertiary/aromatic N) is 1. The maximum absolute atomic E-state index is 13.6. The minimum atomic E-state index is -3.81. The van der Waals surface area contributed by atoms with Gasteiger partial charge < -0.3 is 5.11 Å². The van der Waals surface area contributed by atoms with Crippen LogP contribution < -0.4 is 0 Å². The third-order valence-electron chi connectivity index (χ3n) is 3.25. The Hall–Kier alpha value is -0.690. The van der Waals surface area contributed by atoms with Crippen LogP contribution in [-0.4, -0.2) is 30.9 Å². The molecule has 0 aliphatic heterocycles. The van der Waals surface area contributed by atoms with Crippen LogP contribution in [-0.2, 0) is 16.6 Å². The Morgan fingerprint density at radius 3 is 2.55 bits per heavy atom. The zero-order valence-corrected chi connectivity index (χ0v) is 13.3. The predicted octanol–water partition coefficient (Wildman–Crippen LogP) is 2.78. The first-order valence-electron chi connectivity index (χ1n) is 6.32. The minimum Gasteiger partial charge on any atom is -0.392 e. The van der Waals surface area contributed by atoms with Crippen LogP contribution in [0.2, 0.25) is 5.02 Å². The first-order chi connectivity index (χ1) is 9.25. The number of aliphatic hydroxyl groups is 1. The molecule has 0 heterocycles. The Balaban J connectivity index is 3.25. The van der Waals surface area contributed by atoms with Crippen LogP contribution in [0.15, 0.2) is 17.0 Å². The lowest BCUT2D eigenvalue weighted by molar-refractivity contribution is 0.281. The summed E-state index contributed by atoms with van der Waals surface area (Å²) in [5.41, 5.74) is 0.0572. The van der Waals surface area contributed by atoms with Crippen LogP contribution in [0.3, 0.4) is 0 Å². The third-order valence-corrected chi connectivity index (χ3v) is 5.62. The topological polar surface area (TPSA) is 57.6 Å². The predicted molar refractivity (Wildman–Crippen MR) is 76.7 cm³/mol. The van der Waals surface area contributed by atoms with Crippen molar-refractivity contribution in [3.05, 3.63) is 28.5 Å². The van der Waals surface area contributed by atoms with Gasteiger partial charge >= 0.3 is 0 Å². The van der Waals surface area contributed by atoms with Gasteiger partial charge in [0, 0.05) is 18.7 Å². The summed E-state index contributed by atoms with van der Waals surface area (Å²) in [5, 5.41) is 8.85. The standard InChI is InChI=1S/C13H19ClFNO3S/c1-4-5-9(2)16(3)20(18,19)11-6-10(8-17)13(14)12(15)7-11/h6-7,9,17H,4-5,8H2,1-3H3. The molecule has 20 heavy (non-hydrogen) atoms. The summed E-state index contributed by atoms with van der Waals surface area (Å²) in [6, 6.07) is 1.89. The largest absolute Gasteiger partial charge is 0.392 e. The molecule has 0 bridgehead atoms. The molecule has 4 nitrogen and oxygen atoms in total. The second-order valence-corrected chi connectivity index (χ2v) is 7.07. The minimum absolute atomic E-state index is 0.0572. The molecule has 1 aromatic carbocycles. The van der Waals surface area contributed by atoms with E-state index in [1.807, 2.05) is 6.92 Å². The molecule has 0 saturated heterocycles. The summed E-state index contributed by atoms with van der Waals surface area (Å²) in [6.07, 6.45) is 1.55. The lowest BCUT2D eigenvalue weighted by Gasteiger charge is -2.24. The zero-order valence-electron chi connectivity index (χ0n) is 11.7. The van der Waals surface area contributed by atoms with Gasteiger partial charge in [0.1, 0.15) is 5.82 Å². The fourth-order valence-corrected chi connectivity index (χ4v) is 3.51. The van der Waals surface area contributed by atoms with E-state index in [0.717, 1.165) is 12.5 Å². The number of hydrogen-bond acceptors (Lipinski definition) is 3. The lowest BCUT2D eigenvalue weighted by Crippen LogP contribution is -2.35. The van der Waals surface area contributed by atoms with Crippen molar-refractivity contribution in [3.63, 3.8) is 0 Å². The monoisotopic (exact) mass is 323 g/mol. The van der Waals surface area contributed by atoms with Crippen LogP contribution in [0.1, 0.15) is 32.3 Å². The van der Waals surface area contributed by atoms with E-state index in [-0.39, 0.29) is 21.5 Å². The van der Waals surface area contributed by atoms with Crippen LogP contribution in [0.4, 0.5) is 4.39 Å². The maximum Gasteiger partial charge on any atom is 0.243 e. The summed E-state index contributed by atoms with van der Waals surface area (Å²) < 4.78 is 39.7. The second-order valence-electron chi connectivity index (χ2n) is 4.70. The van der Waals surface area contributed by atoms with Crippen molar-refractivity contribution in [2.75, 3.05) is 7.05 Å². The van der Waals surface area contributed by atoms with Crippen LogP contribution in [0.25, 0.3) is 0 Å². The summed E-state index contributed by atoms with van der Waals surface area (Å²) in [7, 11) is -2.35. The molecule has 114 valence electrons. The Kier molecular flexibility index (Phi) is 5.94. The van der Waals surface area contributed by atoms with Gasteiger partial charge in [0.15, 0.2) is 0 Å². The van der Waals surface area contributed by atoms with Gasteiger partial charge in [0.2, 0.25) is 10.0 Å². The highest BCUT2D eigenvalue weighted by Gasteiger charge is 2.26. The lowest BCUT2D eigenvalue weighted by atomic mass is 10.2. The highest BCUT2D eigenvalue weighted by atomic mass is 35.5. The van der Waals surface area contributed by atoms with E-state index in [1.54, 1.807) is 6.92 Å². The Bertz CT molecular complexity index is 577. The molecule has 1 unspecified atom stereocenters. The second kappa shape index (κ2) is 6.85.